The molecule has 0 amide bonds. The average molecular weight is 330 g/mol. The van der Waals surface area contributed by atoms with Gasteiger partial charge in [-0.05, 0) is 42.4 Å². The highest BCUT2D eigenvalue weighted by Crippen LogP contribution is 2.31. The van der Waals surface area contributed by atoms with Crippen LogP contribution in [-0.4, -0.2) is 27.5 Å². The Labute approximate surface area is 129 Å². The minimum Gasteiger partial charge on any atom is -0.462 e. The van der Waals surface area contributed by atoms with E-state index in [0.717, 1.165) is 11.8 Å². The maximum Gasteiger partial charge on any atom is 0.344 e. The molecule has 2 aromatic rings. The third kappa shape index (κ3) is 3.59. The van der Waals surface area contributed by atoms with Crippen molar-refractivity contribution in [1.82, 2.24) is 15.0 Å². The third-order valence-electron chi connectivity index (χ3n) is 2.12. The molecular weight excluding hydrogens is 321 g/mol. The van der Waals surface area contributed by atoms with Crippen LogP contribution in [0.15, 0.2) is 34.4 Å². The molecule has 2 aromatic heterocycles. The Bertz CT molecular complexity index is 626. The van der Waals surface area contributed by atoms with E-state index in [1.165, 1.54) is 0 Å². The lowest BCUT2D eigenvalue weighted by Crippen LogP contribution is -2.09. The van der Waals surface area contributed by atoms with E-state index in [1.807, 2.05) is 6.07 Å². The summed E-state index contributed by atoms with van der Waals surface area (Å²) in [6, 6.07) is 5.39. The highest BCUT2D eigenvalue weighted by molar-refractivity contribution is 7.99. The molecule has 0 spiro atoms. The third-order valence-corrected chi connectivity index (χ3v) is 3.50. The van der Waals surface area contributed by atoms with Crippen molar-refractivity contribution in [3.8, 4) is 0 Å². The van der Waals surface area contributed by atoms with Crippen molar-refractivity contribution in [2.75, 3.05) is 6.61 Å². The Balaban J connectivity index is 2.42. The van der Waals surface area contributed by atoms with E-state index in [-0.39, 0.29) is 22.6 Å². The highest BCUT2D eigenvalue weighted by Gasteiger charge is 2.22. The van der Waals surface area contributed by atoms with Crippen LogP contribution in [-0.2, 0) is 4.74 Å². The van der Waals surface area contributed by atoms with Crippen LogP contribution in [0.3, 0.4) is 0 Å². The summed E-state index contributed by atoms with van der Waals surface area (Å²) in [6.45, 7) is 1.93. The topological polar surface area (TPSA) is 65.0 Å². The zero-order valence-corrected chi connectivity index (χ0v) is 12.7. The monoisotopic (exact) mass is 329 g/mol. The Morgan fingerprint density at radius 3 is 2.80 bits per heavy atom. The first-order valence-corrected chi connectivity index (χ1v) is 7.18. The SMILES string of the molecule is CCOC(=O)c1c(Cl)nc(Cl)nc1Sc1ccccn1. The van der Waals surface area contributed by atoms with E-state index in [9.17, 15) is 4.79 Å². The number of carbonyl (C=O) groups is 1. The average Bonchev–Trinajstić information content (AvgIpc) is 2.39. The second kappa shape index (κ2) is 6.88. The number of hydrogen-bond acceptors (Lipinski definition) is 6. The molecule has 2 heterocycles. The molecule has 2 rings (SSSR count). The fraction of sp³-hybridized carbons (Fsp3) is 0.167. The van der Waals surface area contributed by atoms with Gasteiger partial charge in [0.05, 0.1) is 6.61 Å². The highest BCUT2D eigenvalue weighted by atomic mass is 35.5. The molecule has 0 aromatic carbocycles. The summed E-state index contributed by atoms with van der Waals surface area (Å²) in [4.78, 5) is 23.9. The number of nitrogens with zero attached hydrogens (tertiary/aromatic N) is 3. The van der Waals surface area contributed by atoms with Crippen LogP contribution < -0.4 is 0 Å². The number of rotatable bonds is 4. The zero-order chi connectivity index (χ0) is 14.5. The van der Waals surface area contributed by atoms with Gasteiger partial charge in [-0.3, -0.25) is 0 Å². The summed E-state index contributed by atoms with van der Waals surface area (Å²) in [6.07, 6.45) is 1.64. The van der Waals surface area contributed by atoms with E-state index >= 15 is 0 Å². The van der Waals surface area contributed by atoms with Crippen LogP contribution in [0.2, 0.25) is 10.4 Å². The van der Waals surface area contributed by atoms with Crippen molar-refractivity contribution < 1.29 is 9.53 Å². The van der Waals surface area contributed by atoms with Crippen molar-refractivity contribution in [3.63, 3.8) is 0 Å². The number of carbonyl (C=O) groups excluding carboxylic acids is 1. The van der Waals surface area contributed by atoms with E-state index in [0.29, 0.717) is 10.1 Å². The Kier molecular flexibility index (Phi) is 5.17. The first-order valence-electron chi connectivity index (χ1n) is 5.61. The van der Waals surface area contributed by atoms with Gasteiger partial charge in [-0.2, -0.15) is 0 Å². The molecule has 5 nitrogen and oxygen atoms in total. The Morgan fingerprint density at radius 2 is 2.15 bits per heavy atom. The number of ether oxygens (including phenoxy) is 1. The molecule has 0 aliphatic heterocycles. The first-order chi connectivity index (χ1) is 9.61. The van der Waals surface area contributed by atoms with E-state index < -0.39 is 5.97 Å². The number of halogens is 2. The minimum absolute atomic E-state index is 0.0399. The molecule has 0 radical (unpaired) electrons. The number of hydrogen-bond donors (Lipinski definition) is 0. The molecule has 0 saturated carbocycles. The molecule has 8 heteroatoms. The van der Waals surface area contributed by atoms with Gasteiger partial charge in [0.25, 0.3) is 0 Å². The molecule has 0 N–H and O–H groups in total. The molecular formula is C12H9Cl2N3O2S. The fourth-order valence-corrected chi connectivity index (χ4v) is 2.78. The van der Waals surface area contributed by atoms with Crippen molar-refractivity contribution in [3.05, 3.63) is 40.4 Å². The molecule has 0 aliphatic rings. The predicted octanol–water partition coefficient (Wildman–Crippen LogP) is 3.51. The van der Waals surface area contributed by atoms with E-state index in [1.54, 1.807) is 25.3 Å². The van der Waals surface area contributed by atoms with Crippen LogP contribution in [0, 0.1) is 0 Å². The zero-order valence-electron chi connectivity index (χ0n) is 10.3. The van der Waals surface area contributed by atoms with Gasteiger partial charge < -0.3 is 4.74 Å². The first kappa shape index (κ1) is 15.0. The molecule has 20 heavy (non-hydrogen) atoms. The molecule has 0 unspecified atom stereocenters. The number of esters is 1. The van der Waals surface area contributed by atoms with Crippen molar-refractivity contribution in [2.45, 2.75) is 17.0 Å². The second-order valence-electron chi connectivity index (χ2n) is 3.45. The van der Waals surface area contributed by atoms with Crippen molar-refractivity contribution in [2.24, 2.45) is 0 Å². The maximum absolute atomic E-state index is 11.9. The Morgan fingerprint density at radius 1 is 1.35 bits per heavy atom. The quantitative estimate of drug-likeness (QED) is 0.486. The van der Waals surface area contributed by atoms with Crippen LogP contribution in [0.5, 0.6) is 0 Å². The molecule has 0 atom stereocenters. The normalized spacial score (nSPS) is 10.3. The molecule has 104 valence electrons. The molecule has 0 fully saturated rings. The smallest absolute Gasteiger partial charge is 0.344 e. The largest absolute Gasteiger partial charge is 0.462 e. The predicted molar refractivity (Wildman–Crippen MR) is 76.4 cm³/mol. The van der Waals surface area contributed by atoms with Gasteiger partial charge in [0, 0.05) is 6.20 Å². The van der Waals surface area contributed by atoms with Crippen LogP contribution in [0.25, 0.3) is 0 Å². The summed E-state index contributed by atoms with van der Waals surface area (Å²) >= 11 is 12.9. The summed E-state index contributed by atoms with van der Waals surface area (Å²) in [5.41, 5.74) is 0.0913. The maximum atomic E-state index is 11.9. The lowest BCUT2D eigenvalue weighted by molar-refractivity contribution is 0.0521. The van der Waals surface area contributed by atoms with Crippen molar-refractivity contribution in [1.29, 1.82) is 0 Å². The van der Waals surface area contributed by atoms with Gasteiger partial charge >= 0.3 is 5.97 Å². The molecule has 0 bridgehead atoms. The minimum atomic E-state index is -0.590. The van der Waals surface area contributed by atoms with Gasteiger partial charge in [0.15, 0.2) is 0 Å². The van der Waals surface area contributed by atoms with Gasteiger partial charge in [0.2, 0.25) is 5.28 Å². The molecule has 0 saturated heterocycles. The lowest BCUT2D eigenvalue weighted by Gasteiger charge is -2.08. The molecule has 0 aliphatic carbocycles. The Hall–Kier alpha value is -1.37. The van der Waals surface area contributed by atoms with Gasteiger partial charge in [-0.1, -0.05) is 17.7 Å². The standard InChI is InChI=1S/C12H9Cl2N3O2S/c1-2-19-11(18)8-9(13)16-12(14)17-10(8)20-7-5-3-4-6-15-7/h3-6H,2H2,1H3. The summed E-state index contributed by atoms with van der Waals surface area (Å²) in [5, 5.41) is 0.888. The fourth-order valence-electron chi connectivity index (χ4n) is 1.34. The summed E-state index contributed by atoms with van der Waals surface area (Å²) < 4.78 is 4.95. The van der Waals surface area contributed by atoms with E-state index in [4.69, 9.17) is 27.9 Å². The van der Waals surface area contributed by atoms with Gasteiger partial charge in [0.1, 0.15) is 20.8 Å². The number of aromatic nitrogens is 3. The van der Waals surface area contributed by atoms with Gasteiger partial charge in [-0.15, -0.1) is 0 Å². The van der Waals surface area contributed by atoms with Gasteiger partial charge in [-0.25, -0.2) is 19.7 Å². The van der Waals surface area contributed by atoms with Crippen LogP contribution in [0.1, 0.15) is 17.3 Å². The number of pyridine rings is 1. The summed E-state index contributed by atoms with van der Waals surface area (Å²) in [7, 11) is 0. The lowest BCUT2D eigenvalue weighted by atomic mass is 10.3. The van der Waals surface area contributed by atoms with Crippen LogP contribution in [0.4, 0.5) is 0 Å². The van der Waals surface area contributed by atoms with E-state index in [2.05, 4.69) is 15.0 Å². The second-order valence-corrected chi connectivity index (χ2v) is 5.16. The van der Waals surface area contributed by atoms with Crippen LogP contribution >= 0.6 is 35.0 Å². The van der Waals surface area contributed by atoms with Crippen molar-refractivity contribution >= 4 is 40.9 Å². The summed E-state index contributed by atoms with van der Waals surface area (Å²) in [5.74, 6) is -0.590.